The summed E-state index contributed by atoms with van der Waals surface area (Å²) in [6, 6.07) is 0. The molecular weight excluding hydrogens is 556 g/mol. The normalized spacial score (nSPS) is 47.1. The standard InChI is InChI=1S/C36H60N2O6/c1-20-10-29(11-21(2)33(20)41-31-14-24(5)35(25(6)15-31)43-38-19-39)28(9)30-12-22(3)34(23(4)13-30)42-32-16-26(7)36(27(8)17-32)44-40-18-37/h20-36H,10-17H2,1-9H3. The average molecular weight is 617 g/mol. The first-order chi connectivity index (χ1) is 20.9. The molecule has 4 aliphatic carbocycles. The number of nitrogens with zero attached hydrogens (tertiary/aromatic N) is 2. The third kappa shape index (κ3) is 8.38. The van der Waals surface area contributed by atoms with Crippen molar-refractivity contribution in [1.82, 2.24) is 0 Å². The molecule has 0 aliphatic heterocycles. The maximum atomic E-state index is 10.5. The van der Waals surface area contributed by atoms with Crippen LogP contribution in [0, 0.1) is 76.6 Å². The van der Waals surface area contributed by atoms with E-state index in [-0.39, 0.29) is 24.4 Å². The van der Waals surface area contributed by atoms with Crippen molar-refractivity contribution in [1.29, 1.82) is 5.26 Å². The summed E-state index contributed by atoms with van der Waals surface area (Å²) in [7, 11) is 0. The van der Waals surface area contributed by atoms with E-state index < -0.39 is 0 Å². The van der Waals surface area contributed by atoms with Crippen LogP contribution in [0.25, 0.3) is 0 Å². The fourth-order valence-corrected chi connectivity index (χ4v) is 10.3. The van der Waals surface area contributed by atoms with Crippen LogP contribution in [0.5, 0.6) is 0 Å². The van der Waals surface area contributed by atoms with Crippen molar-refractivity contribution in [2.24, 2.45) is 70.3 Å². The van der Waals surface area contributed by atoms with Gasteiger partial charge >= 0.3 is 6.26 Å². The minimum atomic E-state index is -0.0580. The second-order valence-electron chi connectivity index (χ2n) is 16.0. The quantitative estimate of drug-likeness (QED) is 0.0805. The van der Waals surface area contributed by atoms with E-state index in [1.807, 2.05) is 0 Å². The number of rotatable bonds is 10. The molecule has 0 amide bonds. The number of carbonyl (C=O) groups excluding carboxylic acids is 1. The summed E-state index contributed by atoms with van der Waals surface area (Å²) < 4.78 is 13.8. The van der Waals surface area contributed by atoms with Crippen LogP contribution in [0.1, 0.15) is 114 Å². The second-order valence-corrected chi connectivity index (χ2v) is 16.0. The van der Waals surface area contributed by atoms with E-state index in [4.69, 9.17) is 24.5 Å². The van der Waals surface area contributed by atoms with E-state index in [0.717, 1.165) is 37.5 Å². The van der Waals surface area contributed by atoms with Crippen LogP contribution >= 0.6 is 0 Å². The van der Waals surface area contributed by atoms with Gasteiger partial charge in [0.15, 0.2) is 0 Å². The van der Waals surface area contributed by atoms with E-state index in [9.17, 15) is 4.79 Å². The Hall–Kier alpha value is -1.65. The number of hydrogen-bond donors (Lipinski definition) is 0. The van der Waals surface area contributed by atoms with Gasteiger partial charge in [-0.25, -0.2) is 4.79 Å². The minimum Gasteiger partial charge on any atom is -0.382 e. The predicted molar refractivity (Wildman–Crippen MR) is 168 cm³/mol. The largest absolute Gasteiger partial charge is 0.382 e. The zero-order valence-corrected chi connectivity index (χ0v) is 28.8. The SMILES string of the molecule is CC1CC(OC2C(C)CC(C(C)C3CC(C)C(OC4CC(C)C(OOC#N)C(C)C4)C(C)C3)CC2C)CC(C)C1ON=C=O. The lowest BCUT2D eigenvalue weighted by molar-refractivity contribution is -0.306. The van der Waals surface area contributed by atoms with Crippen LogP contribution < -0.4 is 0 Å². The van der Waals surface area contributed by atoms with E-state index in [1.165, 1.54) is 31.8 Å². The van der Waals surface area contributed by atoms with E-state index >= 15 is 0 Å². The topological polar surface area (TPSA) is 99.4 Å². The molecule has 8 nitrogen and oxygen atoms in total. The molecule has 0 radical (unpaired) electrons. The third-order valence-electron chi connectivity index (χ3n) is 12.3. The van der Waals surface area contributed by atoms with E-state index in [1.54, 1.807) is 6.26 Å². The Kier molecular flexibility index (Phi) is 12.6. The first-order valence-electron chi connectivity index (χ1n) is 17.7. The highest BCUT2D eigenvalue weighted by molar-refractivity contribution is 5.31. The molecule has 0 bridgehead atoms. The molecule has 0 N–H and O–H groups in total. The van der Waals surface area contributed by atoms with Crippen molar-refractivity contribution in [3.05, 3.63) is 0 Å². The summed E-state index contributed by atoms with van der Waals surface area (Å²) in [5.41, 5.74) is 0. The van der Waals surface area contributed by atoms with Gasteiger partial charge in [0.25, 0.3) is 6.08 Å². The Bertz CT molecular complexity index is 950. The van der Waals surface area contributed by atoms with Crippen LogP contribution in [0.3, 0.4) is 0 Å². The van der Waals surface area contributed by atoms with E-state index in [2.05, 4.69) is 72.4 Å². The van der Waals surface area contributed by atoms with Crippen molar-refractivity contribution in [3.8, 4) is 6.26 Å². The fourth-order valence-electron chi connectivity index (χ4n) is 10.3. The third-order valence-corrected chi connectivity index (χ3v) is 12.3. The Morgan fingerprint density at radius 2 is 0.955 bits per heavy atom. The monoisotopic (exact) mass is 616 g/mol. The lowest BCUT2D eigenvalue weighted by atomic mass is 9.62. The van der Waals surface area contributed by atoms with Gasteiger partial charge in [0.05, 0.1) is 24.4 Å². The zero-order chi connectivity index (χ0) is 32.1. The van der Waals surface area contributed by atoms with Crippen LogP contribution in [0.2, 0.25) is 0 Å². The highest BCUT2D eigenvalue weighted by Gasteiger charge is 2.45. The van der Waals surface area contributed by atoms with Gasteiger partial charge in [-0.1, -0.05) is 62.3 Å². The molecule has 8 heteroatoms. The smallest absolute Gasteiger partial charge is 0.324 e. The van der Waals surface area contributed by atoms with E-state index in [0.29, 0.717) is 65.5 Å². The molecule has 4 rings (SSSR count). The first kappa shape index (κ1) is 35.2. The molecule has 9 atom stereocenters. The van der Waals surface area contributed by atoms with Crippen molar-refractivity contribution in [2.45, 2.75) is 150 Å². The van der Waals surface area contributed by atoms with Crippen molar-refractivity contribution in [3.63, 3.8) is 0 Å². The molecule has 0 heterocycles. The molecule has 4 aliphatic rings. The molecule has 0 aromatic rings. The summed E-state index contributed by atoms with van der Waals surface area (Å²) in [5.74, 6) is 5.52. The number of ether oxygens (including phenoxy) is 2. The van der Waals surface area contributed by atoms with Gasteiger partial charge in [0.2, 0.25) is 0 Å². The van der Waals surface area contributed by atoms with Gasteiger partial charge in [-0.3, -0.25) is 4.89 Å². The average Bonchev–Trinajstić information content (AvgIpc) is 2.95. The van der Waals surface area contributed by atoms with Crippen molar-refractivity contribution >= 4 is 6.08 Å². The first-order valence-corrected chi connectivity index (χ1v) is 17.7. The van der Waals surface area contributed by atoms with Crippen LogP contribution in [-0.2, 0) is 28.9 Å². The summed E-state index contributed by atoms with van der Waals surface area (Å²) in [4.78, 5) is 26.0. The Morgan fingerprint density at radius 3 is 1.32 bits per heavy atom. The Morgan fingerprint density at radius 1 is 0.591 bits per heavy atom. The molecule has 250 valence electrons. The number of hydrogen-bond acceptors (Lipinski definition) is 8. The molecule has 4 fully saturated rings. The highest BCUT2D eigenvalue weighted by atomic mass is 17.2. The summed E-state index contributed by atoms with van der Waals surface area (Å²) in [6.07, 6.45) is 12.9. The van der Waals surface area contributed by atoms with Gasteiger partial charge < -0.3 is 14.3 Å². The van der Waals surface area contributed by atoms with Crippen molar-refractivity contribution < 1.29 is 28.9 Å². The minimum absolute atomic E-state index is 0.0417. The lowest BCUT2D eigenvalue weighted by Crippen LogP contribution is -2.47. The highest BCUT2D eigenvalue weighted by Crippen LogP contribution is 2.48. The summed E-state index contributed by atoms with van der Waals surface area (Å²) in [5, 5.41) is 12.1. The number of nitriles is 1. The van der Waals surface area contributed by atoms with Crippen LogP contribution in [0.15, 0.2) is 5.16 Å². The summed E-state index contributed by atoms with van der Waals surface area (Å²) in [6.45, 7) is 20.9. The van der Waals surface area contributed by atoms with Crippen LogP contribution in [0.4, 0.5) is 0 Å². The molecule has 44 heavy (non-hydrogen) atoms. The Labute approximate surface area is 266 Å². The molecule has 0 saturated heterocycles. The predicted octanol–water partition coefficient (Wildman–Crippen LogP) is 8.06. The van der Waals surface area contributed by atoms with Gasteiger partial charge in [0, 0.05) is 5.16 Å². The lowest BCUT2D eigenvalue weighted by Gasteiger charge is -2.48. The molecule has 9 unspecified atom stereocenters. The molecule has 0 aromatic heterocycles. The van der Waals surface area contributed by atoms with Gasteiger partial charge in [-0.2, -0.15) is 4.89 Å². The second kappa shape index (κ2) is 15.8. The molecular formula is C36H60N2O6. The zero-order valence-electron chi connectivity index (χ0n) is 28.8. The molecule has 0 aromatic carbocycles. The maximum absolute atomic E-state index is 10.5. The summed E-state index contributed by atoms with van der Waals surface area (Å²) >= 11 is 0. The van der Waals surface area contributed by atoms with Crippen molar-refractivity contribution in [2.75, 3.05) is 0 Å². The number of isocyanates is 1. The molecule has 0 spiro atoms. The van der Waals surface area contributed by atoms with Crippen LogP contribution in [-0.4, -0.2) is 42.7 Å². The van der Waals surface area contributed by atoms with Gasteiger partial charge in [-0.15, -0.1) is 5.26 Å². The Balaban J connectivity index is 1.27. The van der Waals surface area contributed by atoms with Gasteiger partial charge in [-0.05, 0) is 116 Å². The fraction of sp³-hybridized carbons (Fsp3) is 0.944. The van der Waals surface area contributed by atoms with Gasteiger partial charge in [0.1, 0.15) is 12.2 Å². The maximum Gasteiger partial charge on any atom is 0.324 e. The molecule has 4 saturated carbocycles.